The highest BCUT2D eigenvalue weighted by Gasteiger charge is 2.44. The predicted molar refractivity (Wildman–Crippen MR) is 137 cm³/mol. The van der Waals surface area contributed by atoms with Crippen molar-refractivity contribution in [1.29, 1.82) is 5.26 Å². The van der Waals surface area contributed by atoms with Crippen LogP contribution < -0.4 is 10.3 Å². The van der Waals surface area contributed by atoms with Gasteiger partial charge in [-0.05, 0) is 70.4 Å². The maximum Gasteiger partial charge on any atom is 0.410 e. The van der Waals surface area contributed by atoms with Crippen LogP contribution in [0.1, 0.15) is 51.6 Å². The molecule has 1 amide bonds. The molecule has 0 bridgehead atoms. The lowest BCUT2D eigenvalue weighted by molar-refractivity contribution is -0.0486. The molecule has 1 aromatic heterocycles. The third-order valence-electron chi connectivity index (χ3n) is 7.05. The topological polar surface area (TPSA) is 107 Å². The zero-order valence-corrected chi connectivity index (χ0v) is 21.9. The van der Waals surface area contributed by atoms with Crippen LogP contribution in [0, 0.1) is 23.0 Å². The van der Waals surface area contributed by atoms with E-state index in [4.69, 9.17) is 14.2 Å². The van der Waals surface area contributed by atoms with Gasteiger partial charge in [0.2, 0.25) is 0 Å². The molecule has 2 fully saturated rings. The fraction of sp³-hybridized carbons (Fsp3) is 0.429. The van der Waals surface area contributed by atoms with Gasteiger partial charge in [-0.2, -0.15) is 5.26 Å². The van der Waals surface area contributed by atoms with E-state index < -0.39 is 34.1 Å². The molecule has 204 valence electrons. The minimum absolute atomic E-state index is 0.0637. The van der Waals surface area contributed by atoms with Gasteiger partial charge in [0.25, 0.3) is 5.56 Å². The summed E-state index contributed by atoms with van der Waals surface area (Å²) in [7, 11) is 0. The van der Waals surface area contributed by atoms with Crippen molar-refractivity contribution in [3.63, 3.8) is 0 Å². The molecule has 5 rings (SSSR count). The smallest absolute Gasteiger partial charge is 0.410 e. The Balaban J connectivity index is 1.34. The van der Waals surface area contributed by atoms with Gasteiger partial charge in [0.1, 0.15) is 28.8 Å². The molecule has 1 spiro atoms. The van der Waals surface area contributed by atoms with Crippen molar-refractivity contribution in [3.05, 3.63) is 64.2 Å². The maximum atomic E-state index is 14.3. The van der Waals surface area contributed by atoms with Crippen molar-refractivity contribution in [3.8, 4) is 17.6 Å². The van der Waals surface area contributed by atoms with Gasteiger partial charge in [0.15, 0.2) is 11.6 Å². The number of nitriles is 1. The standard InChI is InChI=1S/C28H28F2N4O5/c1-27(2,3)39-26(36)33-10-8-28(9-11-33)13-17(15-37-28)34-16-32-23-7-4-18(12-19(23)25(34)35)38-24-20(14-31)21(29)5-6-22(24)30/h4-7,12,16-17H,8-11,13,15H2,1-3H3/t17-/m1/s1. The lowest BCUT2D eigenvalue weighted by Crippen LogP contribution is -2.48. The summed E-state index contributed by atoms with van der Waals surface area (Å²) in [5, 5.41) is 9.46. The number of aromatic nitrogens is 2. The van der Waals surface area contributed by atoms with Crippen molar-refractivity contribution < 1.29 is 27.8 Å². The van der Waals surface area contributed by atoms with Crippen LogP contribution in [0.15, 0.2) is 41.5 Å². The van der Waals surface area contributed by atoms with E-state index in [1.165, 1.54) is 23.0 Å². The number of amides is 1. The third kappa shape index (κ3) is 5.29. The van der Waals surface area contributed by atoms with E-state index in [0.29, 0.717) is 44.5 Å². The number of carbonyl (C=O) groups excluding carboxylic acids is 1. The molecule has 1 atom stereocenters. The SMILES string of the molecule is CC(C)(C)OC(=O)N1CCC2(CC1)C[C@@H](n1cnc3ccc(Oc4c(F)ccc(F)c4C#N)cc3c1=O)CO2. The van der Waals surface area contributed by atoms with Crippen molar-refractivity contribution in [2.75, 3.05) is 19.7 Å². The fourth-order valence-corrected chi connectivity index (χ4v) is 5.06. The van der Waals surface area contributed by atoms with Crippen LogP contribution in [0.4, 0.5) is 13.6 Å². The fourth-order valence-electron chi connectivity index (χ4n) is 5.06. The Labute approximate surface area is 223 Å². The minimum Gasteiger partial charge on any atom is -0.453 e. The highest BCUT2D eigenvalue weighted by Crippen LogP contribution is 2.40. The summed E-state index contributed by atoms with van der Waals surface area (Å²) < 4.78 is 47.0. The quantitative estimate of drug-likeness (QED) is 0.458. The monoisotopic (exact) mass is 538 g/mol. The number of fused-ring (bicyclic) bond motifs is 1. The average molecular weight is 539 g/mol. The third-order valence-corrected chi connectivity index (χ3v) is 7.05. The molecule has 0 N–H and O–H groups in total. The molecule has 2 aromatic carbocycles. The average Bonchev–Trinajstić information content (AvgIpc) is 3.29. The summed E-state index contributed by atoms with van der Waals surface area (Å²) >= 11 is 0. The Morgan fingerprint density at radius 2 is 1.90 bits per heavy atom. The number of benzene rings is 2. The molecule has 0 saturated carbocycles. The van der Waals surface area contributed by atoms with E-state index in [2.05, 4.69) is 4.98 Å². The van der Waals surface area contributed by atoms with Gasteiger partial charge in [-0.3, -0.25) is 9.36 Å². The van der Waals surface area contributed by atoms with Crippen LogP contribution in [0.2, 0.25) is 0 Å². The molecule has 0 aliphatic carbocycles. The van der Waals surface area contributed by atoms with Crippen LogP contribution in [-0.2, 0) is 9.47 Å². The molecule has 0 unspecified atom stereocenters. The molecule has 9 nitrogen and oxygen atoms in total. The first kappa shape index (κ1) is 26.6. The summed E-state index contributed by atoms with van der Waals surface area (Å²) in [6, 6.07) is 7.47. The predicted octanol–water partition coefficient (Wildman–Crippen LogP) is 5.07. The highest BCUT2D eigenvalue weighted by atomic mass is 19.1. The number of likely N-dealkylation sites (tertiary alicyclic amines) is 1. The molecule has 3 aromatic rings. The number of piperidine rings is 1. The van der Waals surface area contributed by atoms with Crippen LogP contribution in [0.3, 0.4) is 0 Å². The normalized spacial score (nSPS) is 18.8. The van der Waals surface area contributed by atoms with E-state index in [1.807, 2.05) is 20.8 Å². The van der Waals surface area contributed by atoms with Crippen LogP contribution >= 0.6 is 0 Å². The zero-order valence-electron chi connectivity index (χ0n) is 21.9. The number of hydrogen-bond acceptors (Lipinski definition) is 7. The van der Waals surface area contributed by atoms with Crippen LogP contribution in [0.25, 0.3) is 10.9 Å². The molecule has 2 aliphatic heterocycles. The second-order valence-electron chi connectivity index (χ2n) is 10.9. The van der Waals surface area contributed by atoms with Gasteiger partial charge >= 0.3 is 6.09 Å². The highest BCUT2D eigenvalue weighted by molar-refractivity contribution is 5.79. The van der Waals surface area contributed by atoms with Gasteiger partial charge in [-0.25, -0.2) is 18.6 Å². The van der Waals surface area contributed by atoms with Gasteiger partial charge in [-0.1, -0.05) is 0 Å². The molecular weight excluding hydrogens is 510 g/mol. The number of ether oxygens (including phenoxy) is 3. The first-order valence-corrected chi connectivity index (χ1v) is 12.7. The number of rotatable bonds is 3. The lowest BCUT2D eigenvalue weighted by atomic mass is 9.87. The van der Waals surface area contributed by atoms with Crippen molar-refractivity contribution >= 4 is 17.0 Å². The molecule has 3 heterocycles. The molecular formula is C28H28F2N4O5. The Bertz CT molecular complexity index is 1530. The second kappa shape index (κ2) is 9.93. The van der Waals surface area contributed by atoms with Crippen molar-refractivity contribution in [1.82, 2.24) is 14.5 Å². The number of halogens is 2. The first-order valence-electron chi connectivity index (χ1n) is 12.7. The summed E-state index contributed by atoms with van der Waals surface area (Å²) in [6.45, 7) is 6.79. The van der Waals surface area contributed by atoms with Crippen LogP contribution in [0.5, 0.6) is 11.5 Å². The summed E-state index contributed by atoms with van der Waals surface area (Å²) in [5.74, 6) is -2.30. The van der Waals surface area contributed by atoms with Crippen LogP contribution in [-0.4, -0.2) is 51.4 Å². The molecule has 2 aliphatic rings. The number of carbonyl (C=O) groups is 1. The summed E-state index contributed by atoms with van der Waals surface area (Å²) in [6.07, 6.45) is 2.96. The van der Waals surface area contributed by atoms with E-state index in [0.717, 1.165) is 12.1 Å². The molecule has 11 heteroatoms. The Kier molecular flexibility index (Phi) is 6.76. The van der Waals surface area contributed by atoms with E-state index in [-0.39, 0.29) is 28.8 Å². The Morgan fingerprint density at radius 3 is 2.59 bits per heavy atom. The molecule has 0 radical (unpaired) electrons. The van der Waals surface area contributed by atoms with E-state index >= 15 is 0 Å². The first-order chi connectivity index (χ1) is 18.5. The molecule has 2 saturated heterocycles. The Morgan fingerprint density at radius 1 is 1.18 bits per heavy atom. The van der Waals surface area contributed by atoms with Gasteiger partial charge in [0.05, 0.1) is 35.5 Å². The minimum atomic E-state index is -0.911. The molecule has 39 heavy (non-hydrogen) atoms. The number of hydrogen-bond donors (Lipinski definition) is 0. The summed E-state index contributed by atoms with van der Waals surface area (Å²) in [4.78, 5) is 32.0. The number of nitrogens with zero attached hydrogens (tertiary/aromatic N) is 4. The van der Waals surface area contributed by atoms with E-state index in [9.17, 15) is 23.6 Å². The zero-order chi connectivity index (χ0) is 27.9. The maximum absolute atomic E-state index is 14.3. The van der Waals surface area contributed by atoms with Gasteiger partial charge in [0, 0.05) is 13.1 Å². The van der Waals surface area contributed by atoms with Gasteiger partial charge < -0.3 is 19.1 Å². The van der Waals surface area contributed by atoms with Crippen molar-refractivity contribution in [2.24, 2.45) is 0 Å². The lowest BCUT2D eigenvalue weighted by Gasteiger charge is -2.39. The van der Waals surface area contributed by atoms with Crippen molar-refractivity contribution in [2.45, 2.75) is 57.3 Å². The largest absolute Gasteiger partial charge is 0.453 e. The Hall–Kier alpha value is -4.04. The van der Waals surface area contributed by atoms with E-state index in [1.54, 1.807) is 17.0 Å². The van der Waals surface area contributed by atoms with Gasteiger partial charge in [-0.15, -0.1) is 0 Å². The summed E-state index contributed by atoms with van der Waals surface area (Å²) in [5.41, 5.74) is -1.51. The second-order valence-corrected chi connectivity index (χ2v) is 10.9.